The molecule has 0 atom stereocenters. The molecule has 1 heterocycles. The summed E-state index contributed by atoms with van der Waals surface area (Å²) in [6.45, 7) is 0.727. The Balaban J connectivity index is 1.74. The van der Waals surface area contributed by atoms with Crippen LogP contribution in [0.4, 0.5) is 5.69 Å². The number of aromatic nitrogens is 3. The van der Waals surface area contributed by atoms with Gasteiger partial charge in [0.15, 0.2) is 5.11 Å². The van der Waals surface area contributed by atoms with Gasteiger partial charge in [0.2, 0.25) is 0 Å². The molecule has 0 aliphatic carbocycles. The van der Waals surface area contributed by atoms with Gasteiger partial charge >= 0.3 is 0 Å². The number of aryl methyl sites for hydroxylation is 1. The lowest BCUT2D eigenvalue weighted by molar-refractivity contribution is 0.750. The second kappa shape index (κ2) is 6.11. The molecular weight excluding hydrogens is 246 g/mol. The topological polar surface area (TPSA) is 54.8 Å². The Labute approximate surface area is 111 Å². The molecule has 0 spiro atoms. The molecule has 2 aromatic rings. The van der Waals surface area contributed by atoms with Crippen molar-refractivity contribution in [3.63, 3.8) is 0 Å². The number of rotatable bonds is 4. The van der Waals surface area contributed by atoms with Gasteiger partial charge in [0.1, 0.15) is 12.2 Å². The minimum atomic E-state index is 0.614. The van der Waals surface area contributed by atoms with Gasteiger partial charge in [0.05, 0.1) is 0 Å². The Morgan fingerprint density at radius 2 is 2.11 bits per heavy atom. The Morgan fingerprint density at radius 3 is 2.78 bits per heavy atom. The summed E-state index contributed by atoms with van der Waals surface area (Å²) >= 11 is 5.20. The van der Waals surface area contributed by atoms with E-state index in [9.17, 15) is 0 Å². The highest BCUT2D eigenvalue weighted by atomic mass is 32.1. The third kappa shape index (κ3) is 3.53. The van der Waals surface area contributed by atoms with Crippen LogP contribution in [0.5, 0.6) is 0 Å². The van der Waals surface area contributed by atoms with Crippen molar-refractivity contribution in [3.8, 4) is 0 Å². The first-order chi connectivity index (χ1) is 8.75. The molecule has 5 nitrogen and oxygen atoms in total. The minimum absolute atomic E-state index is 0.614. The molecule has 2 N–H and O–H groups in total. The second-order valence-electron chi connectivity index (χ2n) is 3.85. The summed E-state index contributed by atoms with van der Waals surface area (Å²) in [5, 5.41) is 14.7. The molecule has 1 aromatic heterocycles. The van der Waals surface area contributed by atoms with Crippen LogP contribution in [0.3, 0.4) is 0 Å². The molecule has 18 heavy (non-hydrogen) atoms. The van der Waals surface area contributed by atoms with E-state index < -0.39 is 0 Å². The van der Waals surface area contributed by atoms with E-state index in [0.717, 1.165) is 24.5 Å². The molecule has 0 aliphatic rings. The highest BCUT2D eigenvalue weighted by Gasteiger charge is 2.01. The zero-order chi connectivity index (χ0) is 12.8. The maximum atomic E-state index is 5.20. The molecule has 0 radical (unpaired) electrons. The SMILES string of the molecule is Cn1cnnc1CCNC(=S)Nc1ccccc1. The van der Waals surface area contributed by atoms with E-state index in [1.807, 2.05) is 41.9 Å². The van der Waals surface area contributed by atoms with Crippen molar-refractivity contribution in [2.45, 2.75) is 6.42 Å². The molecule has 0 saturated heterocycles. The molecular formula is C12H15N5S. The lowest BCUT2D eigenvalue weighted by atomic mass is 10.3. The van der Waals surface area contributed by atoms with Crippen LogP contribution in [-0.2, 0) is 13.5 Å². The highest BCUT2D eigenvalue weighted by Crippen LogP contribution is 2.04. The van der Waals surface area contributed by atoms with Crippen molar-refractivity contribution in [1.29, 1.82) is 0 Å². The number of nitrogens with zero attached hydrogens (tertiary/aromatic N) is 3. The lowest BCUT2D eigenvalue weighted by Crippen LogP contribution is -2.30. The number of nitrogens with one attached hydrogen (secondary N) is 2. The standard InChI is InChI=1S/C12H15N5S/c1-17-9-14-16-11(17)7-8-13-12(18)15-10-5-3-2-4-6-10/h2-6,9H,7-8H2,1H3,(H2,13,15,18). The van der Waals surface area contributed by atoms with Crippen molar-refractivity contribution >= 4 is 23.0 Å². The van der Waals surface area contributed by atoms with E-state index in [1.54, 1.807) is 6.33 Å². The number of anilines is 1. The zero-order valence-corrected chi connectivity index (χ0v) is 10.9. The zero-order valence-electron chi connectivity index (χ0n) is 10.1. The summed E-state index contributed by atoms with van der Waals surface area (Å²) in [6.07, 6.45) is 2.48. The summed E-state index contributed by atoms with van der Waals surface area (Å²) in [7, 11) is 1.93. The van der Waals surface area contributed by atoms with E-state index in [1.165, 1.54) is 0 Å². The second-order valence-corrected chi connectivity index (χ2v) is 4.26. The highest BCUT2D eigenvalue weighted by molar-refractivity contribution is 7.80. The summed E-state index contributed by atoms with van der Waals surface area (Å²) in [4.78, 5) is 0. The van der Waals surface area contributed by atoms with Gasteiger partial charge < -0.3 is 15.2 Å². The quantitative estimate of drug-likeness (QED) is 0.814. The first-order valence-corrected chi connectivity index (χ1v) is 6.09. The maximum Gasteiger partial charge on any atom is 0.170 e. The average Bonchev–Trinajstić information content (AvgIpc) is 2.76. The van der Waals surface area contributed by atoms with Crippen LogP contribution < -0.4 is 10.6 Å². The van der Waals surface area contributed by atoms with Crippen molar-refractivity contribution in [2.75, 3.05) is 11.9 Å². The number of benzene rings is 1. The van der Waals surface area contributed by atoms with E-state index in [2.05, 4.69) is 20.8 Å². The normalized spacial score (nSPS) is 10.1. The third-order valence-corrected chi connectivity index (χ3v) is 2.72. The Morgan fingerprint density at radius 1 is 1.33 bits per heavy atom. The fourth-order valence-corrected chi connectivity index (χ4v) is 1.74. The van der Waals surface area contributed by atoms with E-state index in [-0.39, 0.29) is 0 Å². The van der Waals surface area contributed by atoms with Gasteiger partial charge in [0.25, 0.3) is 0 Å². The molecule has 2 rings (SSSR count). The summed E-state index contributed by atoms with van der Waals surface area (Å²) in [6, 6.07) is 9.83. The molecule has 0 saturated carbocycles. The maximum absolute atomic E-state index is 5.20. The van der Waals surface area contributed by atoms with Gasteiger partial charge in [-0.05, 0) is 24.4 Å². The van der Waals surface area contributed by atoms with Gasteiger partial charge in [-0.25, -0.2) is 0 Å². The first-order valence-electron chi connectivity index (χ1n) is 5.68. The van der Waals surface area contributed by atoms with Crippen LogP contribution in [0.25, 0.3) is 0 Å². The van der Waals surface area contributed by atoms with Crippen LogP contribution in [0.15, 0.2) is 36.7 Å². The summed E-state index contributed by atoms with van der Waals surface area (Å²) < 4.78 is 1.90. The molecule has 0 aliphatic heterocycles. The predicted octanol–water partition coefficient (Wildman–Crippen LogP) is 1.34. The molecule has 0 unspecified atom stereocenters. The molecule has 0 bridgehead atoms. The molecule has 0 amide bonds. The summed E-state index contributed by atoms with van der Waals surface area (Å²) in [5.74, 6) is 0.935. The monoisotopic (exact) mass is 261 g/mol. The van der Waals surface area contributed by atoms with Crippen molar-refractivity contribution in [3.05, 3.63) is 42.5 Å². The average molecular weight is 261 g/mol. The minimum Gasteiger partial charge on any atom is -0.362 e. The number of hydrogen-bond donors (Lipinski definition) is 2. The van der Waals surface area contributed by atoms with Gasteiger partial charge in [-0.15, -0.1) is 10.2 Å². The first kappa shape index (κ1) is 12.5. The van der Waals surface area contributed by atoms with Gasteiger partial charge in [-0.3, -0.25) is 0 Å². The number of para-hydroxylation sites is 1. The van der Waals surface area contributed by atoms with Crippen molar-refractivity contribution in [2.24, 2.45) is 7.05 Å². The van der Waals surface area contributed by atoms with Gasteiger partial charge in [-0.2, -0.15) is 0 Å². The van der Waals surface area contributed by atoms with E-state index in [4.69, 9.17) is 12.2 Å². The van der Waals surface area contributed by atoms with E-state index >= 15 is 0 Å². The summed E-state index contributed by atoms with van der Waals surface area (Å²) in [5.41, 5.74) is 0.980. The van der Waals surface area contributed by atoms with E-state index in [0.29, 0.717) is 5.11 Å². The molecule has 94 valence electrons. The van der Waals surface area contributed by atoms with Crippen LogP contribution in [0.1, 0.15) is 5.82 Å². The Kier molecular flexibility index (Phi) is 4.25. The van der Waals surface area contributed by atoms with Crippen LogP contribution in [0.2, 0.25) is 0 Å². The van der Waals surface area contributed by atoms with Crippen LogP contribution in [0, 0.1) is 0 Å². The smallest absolute Gasteiger partial charge is 0.170 e. The van der Waals surface area contributed by atoms with Crippen LogP contribution in [-0.4, -0.2) is 26.4 Å². The van der Waals surface area contributed by atoms with Gasteiger partial charge in [-0.1, -0.05) is 18.2 Å². The molecule has 6 heteroatoms. The lowest BCUT2D eigenvalue weighted by Gasteiger charge is -2.09. The molecule has 1 aromatic carbocycles. The van der Waals surface area contributed by atoms with Crippen LogP contribution >= 0.6 is 12.2 Å². The molecule has 0 fully saturated rings. The fraction of sp³-hybridized carbons (Fsp3) is 0.250. The Bertz CT molecular complexity index is 508. The van der Waals surface area contributed by atoms with Crippen molar-refractivity contribution < 1.29 is 0 Å². The van der Waals surface area contributed by atoms with Gasteiger partial charge in [0, 0.05) is 25.7 Å². The predicted molar refractivity (Wildman–Crippen MR) is 75.4 cm³/mol. The largest absolute Gasteiger partial charge is 0.362 e. The number of thiocarbonyl (C=S) groups is 1. The Hall–Kier alpha value is -1.95. The van der Waals surface area contributed by atoms with Crippen molar-refractivity contribution in [1.82, 2.24) is 20.1 Å². The number of hydrogen-bond acceptors (Lipinski definition) is 3. The fourth-order valence-electron chi connectivity index (χ4n) is 1.52. The third-order valence-electron chi connectivity index (χ3n) is 2.47.